The Bertz CT molecular complexity index is 1080. The zero-order valence-corrected chi connectivity index (χ0v) is 28.6. The Morgan fingerprint density at radius 1 is 0.935 bits per heavy atom. The van der Waals surface area contributed by atoms with Gasteiger partial charge in [-0.15, -0.1) is 0 Å². The Hall–Kier alpha value is -2.07. The summed E-state index contributed by atoms with van der Waals surface area (Å²) in [5.74, 6) is -0.961. The van der Waals surface area contributed by atoms with E-state index < -0.39 is 12.3 Å². The molecule has 3 aliphatic carbocycles. The molecule has 0 radical (unpaired) electrons. The highest BCUT2D eigenvalue weighted by Gasteiger charge is 2.72. The molecule has 46 heavy (non-hydrogen) atoms. The smallest absolute Gasteiger partial charge is 0.328 e. The second kappa shape index (κ2) is 17.9. The lowest BCUT2D eigenvalue weighted by Crippen LogP contribution is -2.55. The molecule has 0 amide bonds. The lowest BCUT2D eigenvalue weighted by atomic mass is 9.68. The minimum absolute atomic E-state index is 0.0318. The number of nitrogens with one attached hydrogen (secondary N) is 1. The molecular formula is C38H59NO7. The molecule has 2 aliphatic heterocycles. The monoisotopic (exact) mass is 641 g/mol. The van der Waals surface area contributed by atoms with Crippen molar-refractivity contribution in [1.29, 1.82) is 0 Å². The summed E-state index contributed by atoms with van der Waals surface area (Å²) in [6.07, 6.45) is 30.3. The molecule has 0 bridgehead atoms. The van der Waals surface area contributed by atoms with Crippen molar-refractivity contribution in [3.8, 4) is 0 Å². The summed E-state index contributed by atoms with van der Waals surface area (Å²) in [5.41, 5.74) is 0.713. The van der Waals surface area contributed by atoms with Crippen molar-refractivity contribution in [1.82, 2.24) is 5.32 Å². The first-order chi connectivity index (χ1) is 22.2. The number of aliphatic carboxylic acids is 1. The van der Waals surface area contributed by atoms with Crippen LogP contribution in [0.25, 0.3) is 0 Å². The van der Waals surface area contributed by atoms with Crippen LogP contribution in [0, 0.1) is 5.92 Å². The number of carboxylic acid groups (broad SMARTS) is 1. The SMILES string of the molecule is C1CCC(NC2CCCCC2)CC1.CO[C@@H]1[C@H](OC(O)/C=C/C=C/C=C/C=C/C(=O)O)CC[C@]2(CO2)[C@H]1[C@@]1(C)O[C@@H]1CC=C(C)C. The van der Waals surface area contributed by atoms with E-state index in [1.54, 1.807) is 43.6 Å². The molecule has 2 heterocycles. The summed E-state index contributed by atoms with van der Waals surface area (Å²) < 4.78 is 24.0. The number of epoxide rings is 2. The van der Waals surface area contributed by atoms with Gasteiger partial charge in [-0.2, -0.15) is 0 Å². The fraction of sp³-hybridized carbons (Fsp3) is 0.711. The zero-order chi connectivity index (χ0) is 33.0. The van der Waals surface area contributed by atoms with Gasteiger partial charge in [0, 0.05) is 25.3 Å². The van der Waals surface area contributed by atoms with Crippen molar-refractivity contribution in [2.24, 2.45) is 5.92 Å². The van der Waals surface area contributed by atoms with Gasteiger partial charge in [-0.3, -0.25) is 0 Å². The van der Waals surface area contributed by atoms with E-state index in [0.717, 1.165) is 37.4 Å². The molecule has 0 aromatic rings. The zero-order valence-electron chi connectivity index (χ0n) is 28.6. The van der Waals surface area contributed by atoms with Gasteiger partial charge in [-0.05, 0) is 71.8 Å². The van der Waals surface area contributed by atoms with Gasteiger partial charge in [0.05, 0.1) is 36.4 Å². The van der Waals surface area contributed by atoms with E-state index >= 15 is 0 Å². The molecule has 3 N–H and O–H groups in total. The summed E-state index contributed by atoms with van der Waals surface area (Å²) >= 11 is 0. The van der Waals surface area contributed by atoms with E-state index in [1.807, 2.05) is 0 Å². The minimum atomic E-state index is -1.07. The summed E-state index contributed by atoms with van der Waals surface area (Å²) in [5, 5.41) is 22.8. The van der Waals surface area contributed by atoms with Crippen LogP contribution in [0.4, 0.5) is 0 Å². The van der Waals surface area contributed by atoms with Crippen LogP contribution in [0.2, 0.25) is 0 Å². The fourth-order valence-corrected chi connectivity index (χ4v) is 7.74. The van der Waals surface area contributed by atoms with Crippen LogP contribution in [-0.4, -0.2) is 77.8 Å². The van der Waals surface area contributed by atoms with Crippen LogP contribution in [-0.2, 0) is 23.7 Å². The lowest BCUT2D eigenvalue weighted by molar-refractivity contribution is -0.189. The van der Waals surface area contributed by atoms with Crippen LogP contribution < -0.4 is 5.32 Å². The molecule has 0 aromatic carbocycles. The number of allylic oxidation sites excluding steroid dienone is 7. The van der Waals surface area contributed by atoms with Gasteiger partial charge in [-0.1, -0.05) is 86.6 Å². The molecule has 3 saturated carbocycles. The van der Waals surface area contributed by atoms with Crippen molar-refractivity contribution >= 4 is 5.97 Å². The topological polar surface area (TPSA) is 113 Å². The summed E-state index contributed by atoms with van der Waals surface area (Å²) in [7, 11) is 1.68. The van der Waals surface area contributed by atoms with E-state index in [0.29, 0.717) is 6.61 Å². The van der Waals surface area contributed by atoms with E-state index in [9.17, 15) is 9.90 Å². The molecule has 5 rings (SSSR count). The second-order valence-corrected chi connectivity index (χ2v) is 14.1. The number of hydrogen-bond donors (Lipinski definition) is 3. The minimum Gasteiger partial charge on any atom is -0.478 e. The van der Waals surface area contributed by atoms with Gasteiger partial charge < -0.3 is 34.5 Å². The maximum atomic E-state index is 10.4. The van der Waals surface area contributed by atoms with Crippen molar-refractivity contribution in [3.63, 3.8) is 0 Å². The third-order valence-corrected chi connectivity index (χ3v) is 10.3. The van der Waals surface area contributed by atoms with Crippen molar-refractivity contribution in [2.45, 2.75) is 152 Å². The molecule has 5 aliphatic rings. The predicted octanol–water partition coefficient (Wildman–Crippen LogP) is 6.95. The summed E-state index contributed by atoms with van der Waals surface area (Å²) in [6.45, 7) is 7.02. The Labute approximate surface area is 277 Å². The average molecular weight is 642 g/mol. The highest BCUT2D eigenvalue weighted by atomic mass is 16.6. The third-order valence-electron chi connectivity index (χ3n) is 10.3. The molecule has 8 nitrogen and oxygen atoms in total. The molecule has 2 saturated heterocycles. The Morgan fingerprint density at radius 2 is 1.52 bits per heavy atom. The second-order valence-electron chi connectivity index (χ2n) is 14.1. The van der Waals surface area contributed by atoms with E-state index in [2.05, 4.69) is 32.2 Å². The number of aliphatic hydroxyl groups excluding tert-OH is 1. The molecule has 258 valence electrons. The van der Waals surface area contributed by atoms with Gasteiger partial charge in [0.2, 0.25) is 0 Å². The Kier molecular flexibility index (Phi) is 14.3. The number of aliphatic hydroxyl groups is 1. The van der Waals surface area contributed by atoms with Gasteiger partial charge in [-0.25, -0.2) is 4.79 Å². The number of methoxy groups -OCH3 is 1. The lowest BCUT2D eigenvalue weighted by Gasteiger charge is -2.43. The first-order valence-electron chi connectivity index (χ1n) is 17.7. The molecular weight excluding hydrogens is 582 g/mol. The Morgan fingerprint density at radius 3 is 2.07 bits per heavy atom. The van der Waals surface area contributed by atoms with Crippen LogP contribution in [0.15, 0.2) is 60.3 Å². The molecule has 1 spiro atoms. The highest BCUT2D eigenvalue weighted by Crippen LogP contribution is 2.59. The van der Waals surface area contributed by atoms with E-state index in [4.69, 9.17) is 24.1 Å². The first kappa shape index (κ1) is 36.8. The maximum absolute atomic E-state index is 10.4. The third kappa shape index (κ3) is 11.0. The number of carbonyl (C=O) groups is 1. The normalized spacial score (nSPS) is 34.3. The Balaban J connectivity index is 0.000000305. The predicted molar refractivity (Wildman–Crippen MR) is 181 cm³/mol. The van der Waals surface area contributed by atoms with Crippen LogP contribution in [0.5, 0.6) is 0 Å². The average Bonchev–Trinajstić information content (AvgIpc) is 3.96. The van der Waals surface area contributed by atoms with Crippen molar-refractivity contribution < 1.29 is 34.0 Å². The van der Waals surface area contributed by atoms with Gasteiger partial charge >= 0.3 is 5.97 Å². The van der Waals surface area contributed by atoms with Gasteiger partial charge in [0.1, 0.15) is 5.60 Å². The molecule has 1 unspecified atom stereocenters. The number of carboxylic acids is 1. The molecule has 5 fully saturated rings. The van der Waals surface area contributed by atoms with Crippen LogP contribution >= 0.6 is 0 Å². The molecule has 8 heteroatoms. The van der Waals surface area contributed by atoms with E-state index in [-0.39, 0.29) is 35.4 Å². The van der Waals surface area contributed by atoms with Gasteiger partial charge in [0.25, 0.3) is 0 Å². The van der Waals surface area contributed by atoms with Gasteiger partial charge in [0.15, 0.2) is 6.29 Å². The highest BCUT2D eigenvalue weighted by molar-refractivity contribution is 5.80. The maximum Gasteiger partial charge on any atom is 0.328 e. The number of rotatable bonds is 13. The van der Waals surface area contributed by atoms with E-state index in [1.165, 1.54) is 75.9 Å². The molecule has 0 aromatic heterocycles. The fourth-order valence-electron chi connectivity index (χ4n) is 7.74. The summed E-state index contributed by atoms with van der Waals surface area (Å²) in [4.78, 5) is 10.4. The summed E-state index contributed by atoms with van der Waals surface area (Å²) in [6, 6.07) is 1.74. The number of hydrogen-bond acceptors (Lipinski definition) is 7. The standard InChI is InChI=1S/C26H36O7.C12H23N/c1-18(2)13-14-20-25(3,33-20)24-23(30-4)19(15-16-26(24)17-31-26)32-22(29)12-10-8-6-5-7-9-11-21(27)28;1-3-7-11(8-4-1)13-12-9-5-2-6-10-12/h5-13,19-20,22-24,29H,14-17H2,1-4H3,(H,27,28);11-13H,1-10H2/b7-5+,8-6+,11-9+,12-10+;/t19-,20-,22?,23-,24-,25+,26+;/m1./s1. The van der Waals surface area contributed by atoms with Crippen LogP contribution in [0.1, 0.15) is 104 Å². The molecule has 7 atom stereocenters. The quantitative estimate of drug-likeness (QED) is 0.0651. The van der Waals surface area contributed by atoms with Crippen LogP contribution in [0.3, 0.4) is 0 Å². The van der Waals surface area contributed by atoms with Crippen molar-refractivity contribution in [2.75, 3.05) is 13.7 Å². The van der Waals surface area contributed by atoms with Crippen molar-refractivity contribution in [3.05, 3.63) is 60.3 Å². The first-order valence-corrected chi connectivity index (χ1v) is 17.7. The largest absolute Gasteiger partial charge is 0.478 e. The number of ether oxygens (including phenoxy) is 4.